The highest BCUT2D eigenvalue weighted by Crippen LogP contribution is 2.18. The minimum Gasteiger partial charge on any atom is -0.494 e. The number of hydrogen-bond acceptors (Lipinski definition) is 4. The molecule has 0 fully saturated rings. The fraction of sp³-hybridized carbons (Fsp3) is 0.176. The summed E-state index contributed by atoms with van der Waals surface area (Å²) in [4.78, 5) is 23.6. The van der Waals surface area contributed by atoms with Crippen LogP contribution in [0.25, 0.3) is 6.08 Å². The summed E-state index contributed by atoms with van der Waals surface area (Å²) in [6.07, 6.45) is 2.59. The number of methoxy groups -OCH3 is 1. The lowest BCUT2D eigenvalue weighted by atomic mass is 10.2. The first-order chi connectivity index (χ1) is 11.4. The fourth-order valence-electron chi connectivity index (χ4n) is 2.04. The number of furan rings is 1. The highest BCUT2D eigenvalue weighted by Gasteiger charge is 2.13. The van der Waals surface area contributed by atoms with E-state index in [2.05, 4.69) is 10.9 Å². The third kappa shape index (κ3) is 4.22. The van der Waals surface area contributed by atoms with Crippen LogP contribution in [0.4, 0.5) is 4.39 Å². The Hall–Kier alpha value is -3.09. The van der Waals surface area contributed by atoms with Crippen molar-refractivity contribution in [3.05, 3.63) is 58.8 Å². The smallest absolute Gasteiger partial charge is 0.273 e. The first kappa shape index (κ1) is 17.3. The van der Waals surface area contributed by atoms with Crippen LogP contribution in [0.5, 0.6) is 5.75 Å². The monoisotopic (exact) mass is 332 g/mol. The molecule has 2 aromatic rings. The standard InChI is InChI=1S/C17H17FN2O4/c1-10-8-13(11(2)24-10)17(22)20-19-16(21)7-5-12-4-6-15(23-3)14(18)9-12/h4-9H,1-3H3,(H,19,21)(H,20,22)/b7-5+. The number of amides is 2. The summed E-state index contributed by atoms with van der Waals surface area (Å²) in [5.41, 5.74) is 5.34. The molecule has 0 radical (unpaired) electrons. The number of carbonyl (C=O) groups is 2. The third-order valence-electron chi connectivity index (χ3n) is 3.19. The molecule has 2 N–H and O–H groups in total. The molecule has 0 aliphatic heterocycles. The molecule has 0 saturated heterocycles. The van der Waals surface area contributed by atoms with Gasteiger partial charge in [-0.2, -0.15) is 0 Å². The van der Waals surface area contributed by atoms with Gasteiger partial charge in [0.1, 0.15) is 11.5 Å². The van der Waals surface area contributed by atoms with Gasteiger partial charge in [-0.05, 0) is 43.7 Å². The number of hydrazine groups is 1. The minimum absolute atomic E-state index is 0.120. The van der Waals surface area contributed by atoms with E-state index in [4.69, 9.17) is 9.15 Å². The third-order valence-corrected chi connectivity index (χ3v) is 3.19. The molecule has 0 atom stereocenters. The van der Waals surface area contributed by atoms with Gasteiger partial charge in [0.25, 0.3) is 11.8 Å². The zero-order chi connectivity index (χ0) is 17.7. The predicted molar refractivity (Wildman–Crippen MR) is 85.8 cm³/mol. The van der Waals surface area contributed by atoms with Crippen molar-refractivity contribution in [3.8, 4) is 5.75 Å². The number of hydrogen-bond donors (Lipinski definition) is 2. The van der Waals surface area contributed by atoms with Crippen LogP contribution < -0.4 is 15.6 Å². The van der Waals surface area contributed by atoms with Crippen molar-refractivity contribution in [1.29, 1.82) is 0 Å². The summed E-state index contributed by atoms with van der Waals surface area (Å²) >= 11 is 0. The van der Waals surface area contributed by atoms with Crippen LogP contribution in [0.15, 0.2) is 34.8 Å². The van der Waals surface area contributed by atoms with E-state index in [0.29, 0.717) is 22.6 Å². The van der Waals surface area contributed by atoms with Crippen molar-refractivity contribution in [3.63, 3.8) is 0 Å². The molecule has 0 unspecified atom stereocenters. The number of benzene rings is 1. The largest absolute Gasteiger partial charge is 0.494 e. The van der Waals surface area contributed by atoms with Crippen LogP contribution in [0.2, 0.25) is 0 Å². The van der Waals surface area contributed by atoms with E-state index in [0.717, 1.165) is 0 Å². The van der Waals surface area contributed by atoms with Gasteiger partial charge in [-0.3, -0.25) is 20.4 Å². The lowest BCUT2D eigenvalue weighted by Gasteiger charge is -2.04. The maximum absolute atomic E-state index is 13.5. The Labute approximate surface area is 138 Å². The Morgan fingerprint density at radius 3 is 2.54 bits per heavy atom. The Bertz CT molecular complexity index is 796. The number of halogens is 1. The van der Waals surface area contributed by atoms with Gasteiger partial charge in [-0.15, -0.1) is 0 Å². The van der Waals surface area contributed by atoms with E-state index in [1.165, 1.54) is 31.4 Å². The second kappa shape index (κ2) is 7.45. The highest BCUT2D eigenvalue weighted by molar-refractivity contribution is 5.98. The Morgan fingerprint density at radius 1 is 1.21 bits per heavy atom. The normalized spacial score (nSPS) is 10.7. The first-order valence-corrected chi connectivity index (χ1v) is 7.09. The second-order valence-corrected chi connectivity index (χ2v) is 5.00. The van der Waals surface area contributed by atoms with Gasteiger partial charge in [-0.25, -0.2) is 4.39 Å². The number of nitrogens with one attached hydrogen (secondary N) is 2. The lowest BCUT2D eigenvalue weighted by molar-refractivity contribution is -0.117. The Kier molecular flexibility index (Phi) is 5.36. The summed E-state index contributed by atoms with van der Waals surface area (Å²) in [6.45, 7) is 3.38. The van der Waals surface area contributed by atoms with Gasteiger partial charge in [0, 0.05) is 6.08 Å². The average Bonchev–Trinajstić information content (AvgIpc) is 2.89. The van der Waals surface area contributed by atoms with Gasteiger partial charge < -0.3 is 9.15 Å². The van der Waals surface area contributed by atoms with Crippen molar-refractivity contribution in [1.82, 2.24) is 10.9 Å². The predicted octanol–water partition coefficient (Wildman–Crippen LogP) is 2.52. The number of ether oxygens (including phenoxy) is 1. The molecule has 0 spiro atoms. The molecule has 1 aromatic carbocycles. The molecule has 2 rings (SSSR count). The van der Waals surface area contributed by atoms with E-state index in [-0.39, 0.29) is 5.75 Å². The van der Waals surface area contributed by atoms with Crippen molar-refractivity contribution in [2.45, 2.75) is 13.8 Å². The fourth-order valence-corrected chi connectivity index (χ4v) is 2.04. The molecule has 6 nitrogen and oxygen atoms in total. The van der Waals surface area contributed by atoms with Crippen LogP contribution in [-0.4, -0.2) is 18.9 Å². The van der Waals surface area contributed by atoms with E-state index in [1.807, 2.05) is 0 Å². The minimum atomic E-state index is -0.558. The first-order valence-electron chi connectivity index (χ1n) is 7.09. The van der Waals surface area contributed by atoms with Gasteiger partial charge in [0.05, 0.1) is 12.7 Å². The van der Waals surface area contributed by atoms with Crippen molar-refractivity contribution in [2.75, 3.05) is 7.11 Å². The maximum atomic E-state index is 13.5. The zero-order valence-corrected chi connectivity index (χ0v) is 13.5. The molecule has 2 amide bonds. The molecule has 126 valence electrons. The van der Waals surface area contributed by atoms with Crippen LogP contribution in [-0.2, 0) is 4.79 Å². The quantitative estimate of drug-likeness (QED) is 0.666. The molecule has 24 heavy (non-hydrogen) atoms. The van der Waals surface area contributed by atoms with Crippen LogP contribution in [0.1, 0.15) is 27.4 Å². The van der Waals surface area contributed by atoms with E-state index < -0.39 is 17.6 Å². The summed E-state index contributed by atoms with van der Waals surface area (Å²) in [7, 11) is 1.37. The van der Waals surface area contributed by atoms with E-state index in [1.54, 1.807) is 26.0 Å². The molecule has 0 aliphatic rings. The summed E-state index contributed by atoms with van der Waals surface area (Å²) in [5.74, 6) is -0.387. The van der Waals surface area contributed by atoms with Crippen LogP contribution in [0, 0.1) is 19.7 Å². The molecule has 0 saturated carbocycles. The lowest BCUT2D eigenvalue weighted by Crippen LogP contribution is -2.40. The van der Waals surface area contributed by atoms with Crippen molar-refractivity contribution >= 4 is 17.9 Å². The summed E-state index contributed by atoms with van der Waals surface area (Å²) in [5, 5.41) is 0. The molecular formula is C17H17FN2O4. The second-order valence-electron chi connectivity index (χ2n) is 5.00. The molecule has 7 heteroatoms. The Morgan fingerprint density at radius 2 is 1.96 bits per heavy atom. The van der Waals surface area contributed by atoms with Gasteiger partial charge >= 0.3 is 0 Å². The zero-order valence-electron chi connectivity index (χ0n) is 13.5. The maximum Gasteiger partial charge on any atom is 0.273 e. The molecule has 0 aliphatic carbocycles. The number of aryl methyl sites for hydroxylation is 2. The Balaban J connectivity index is 1.92. The number of rotatable bonds is 4. The molecule has 1 aromatic heterocycles. The molecular weight excluding hydrogens is 315 g/mol. The SMILES string of the molecule is COc1ccc(/C=C/C(=O)NNC(=O)c2cc(C)oc2C)cc1F. The number of carbonyl (C=O) groups excluding carboxylic acids is 2. The molecule has 1 heterocycles. The van der Waals surface area contributed by atoms with Crippen LogP contribution in [0.3, 0.4) is 0 Å². The van der Waals surface area contributed by atoms with E-state index in [9.17, 15) is 14.0 Å². The average molecular weight is 332 g/mol. The summed E-state index contributed by atoms with van der Waals surface area (Å²) in [6, 6.07) is 5.87. The van der Waals surface area contributed by atoms with Gasteiger partial charge in [0.15, 0.2) is 11.6 Å². The van der Waals surface area contributed by atoms with Gasteiger partial charge in [0.2, 0.25) is 0 Å². The van der Waals surface area contributed by atoms with Gasteiger partial charge in [-0.1, -0.05) is 6.07 Å². The highest BCUT2D eigenvalue weighted by atomic mass is 19.1. The summed E-state index contributed by atoms with van der Waals surface area (Å²) < 4.78 is 23.6. The topological polar surface area (TPSA) is 80.6 Å². The van der Waals surface area contributed by atoms with Crippen LogP contribution >= 0.6 is 0 Å². The molecule has 0 bridgehead atoms. The van der Waals surface area contributed by atoms with Crippen molar-refractivity contribution in [2.24, 2.45) is 0 Å². The van der Waals surface area contributed by atoms with E-state index >= 15 is 0 Å². The van der Waals surface area contributed by atoms with Crippen molar-refractivity contribution < 1.29 is 23.1 Å².